The van der Waals surface area contributed by atoms with Crippen molar-refractivity contribution < 1.29 is 19.1 Å². The molecular formula is C25H24N4O4S. The Balaban J connectivity index is 1.78. The van der Waals surface area contributed by atoms with E-state index in [1.807, 2.05) is 47.8 Å². The maximum Gasteiger partial charge on any atom is 0.336 e. The molecule has 8 nitrogen and oxygen atoms in total. The van der Waals surface area contributed by atoms with Crippen LogP contribution < -0.4 is 5.32 Å². The molecule has 2 atom stereocenters. The summed E-state index contributed by atoms with van der Waals surface area (Å²) >= 11 is 1.44. The van der Waals surface area contributed by atoms with Crippen LogP contribution in [0, 0.1) is 5.92 Å². The number of allylic oxidation sites excluding steroid dienone is 1. The number of pyridine rings is 1. The summed E-state index contributed by atoms with van der Waals surface area (Å²) in [6.07, 6.45) is 1.72. The van der Waals surface area contributed by atoms with Crippen LogP contribution in [0.1, 0.15) is 25.3 Å². The third-order valence-corrected chi connectivity index (χ3v) is 6.42. The number of esters is 2. The molecule has 0 spiro atoms. The fourth-order valence-corrected chi connectivity index (χ4v) is 4.86. The van der Waals surface area contributed by atoms with E-state index in [9.17, 15) is 9.59 Å². The highest BCUT2D eigenvalue weighted by Crippen LogP contribution is 2.43. The van der Waals surface area contributed by atoms with Gasteiger partial charge >= 0.3 is 11.9 Å². The number of methoxy groups -OCH3 is 2. The van der Waals surface area contributed by atoms with Gasteiger partial charge in [0, 0.05) is 34.6 Å². The number of benzene rings is 1. The number of carbonyl (C=O) groups excluding carboxylic acids is 2. The van der Waals surface area contributed by atoms with Crippen LogP contribution in [0.3, 0.4) is 0 Å². The molecule has 0 amide bonds. The summed E-state index contributed by atoms with van der Waals surface area (Å²) < 4.78 is 10.2. The Kier molecular flexibility index (Phi) is 6.83. The highest BCUT2D eigenvalue weighted by Gasteiger charge is 2.43. The highest BCUT2D eigenvalue weighted by molar-refractivity contribution is 7.14. The molecule has 0 bridgehead atoms. The average molecular weight is 477 g/mol. The van der Waals surface area contributed by atoms with Crippen molar-refractivity contribution in [1.82, 2.24) is 9.97 Å². The quantitative estimate of drug-likeness (QED) is 0.513. The minimum atomic E-state index is -0.772. The second-order valence-electron chi connectivity index (χ2n) is 7.69. The van der Waals surface area contributed by atoms with Gasteiger partial charge in [-0.05, 0) is 37.6 Å². The number of aliphatic imine (C=N–C) groups is 1. The maximum absolute atomic E-state index is 12.8. The van der Waals surface area contributed by atoms with Crippen LogP contribution in [0.15, 0.2) is 70.3 Å². The van der Waals surface area contributed by atoms with Gasteiger partial charge in [-0.2, -0.15) is 0 Å². The normalized spacial score (nSPS) is 17.7. The van der Waals surface area contributed by atoms with Crippen molar-refractivity contribution >= 4 is 39.8 Å². The number of hydrogen-bond donors (Lipinski definition) is 1. The Bertz CT molecular complexity index is 1280. The first-order chi connectivity index (χ1) is 16.4. The predicted molar refractivity (Wildman–Crippen MR) is 131 cm³/mol. The monoisotopic (exact) mass is 476 g/mol. The van der Waals surface area contributed by atoms with Gasteiger partial charge in [-0.3, -0.25) is 14.8 Å². The number of carbonyl (C=O) groups is 2. The minimum Gasteiger partial charge on any atom is -0.468 e. The van der Waals surface area contributed by atoms with Gasteiger partial charge in [-0.15, -0.1) is 11.3 Å². The molecule has 0 saturated carbocycles. The van der Waals surface area contributed by atoms with E-state index in [-0.39, 0.29) is 0 Å². The van der Waals surface area contributed by atoms with Crippen LogP contribution in [-0.4, -0.2) is 41.8 Å². The summed E-state index contributed by atoms with van der Waals surface area (Å²) in [6.45, 7) is 3.51. The number of nitrogens with one attached hydrogen (secondary N) is 1. The first-order valence-electron chi connectivity index (χ1n) is 10.6. The van der Waals surface area contributed by atoms with Gasteiger partial charge in [0.1, 0.15) is 11.6 Å². The van der Waals surface area contributed by atoms with Gasteiger partial charge in [-0.25, -0.2) is 9.78 Å². The van der Waals surface area contributed by atoms with Crippen molar-refractivity contribution in [2.75, 3.05) is 19.5 Å². The summed E-state index contributed by atoms with van der Waals surface area (Å²) in [5, 5.41) is 5.94. The fraction of sp³-hybridized carbons (Fsp3) is 0.240. The van der Waals surface area contributed by atoms with E-state index < -0.39 is 23.8 Å². The number of thiazole rings is 1. The summed E-state index contributed by atoms with van der Waals surface area (Å²) in [4.78, 5) is 39.1. The number of hydrogen-bond acceptors (Lipinski definition) is 9. The van der Waals surface area contributed by atoms with Crippen LogP contribution >= 0.6 is 11.3 Å². The minimum absolute atomic E-state index is 0.325. The van der Waals surface area contributed by atoms with Crippen LogP contribution in [0.25, 0.3) is 11.4 Å². The van der Waals surface area contributed by atoms with E-state index >= 15 is 0 Å². The van der Waals surface area contributed by atoms with Gasteiger partial charge in [-0.1, -0.05) is 24.3 Å². The van der Waals surface area contributed by atoms with Crippen LogP contribution in [0.2, 0.25) is 0 Å². The second kappa shape index (κ2) is 9.96. The molecule has 9 heteroatoms. The fourth-order valence-electron chi connectivity index (χ4n) is 4.14. The first-order valence-corrected chi connectivity index (χ1v) is 11.5. The molecule has 0 aliphatic carbocycles. The van der Waals surface area contributed by atoms with E-state index in [1.165, 1.54) is 25.6 Å². The summed E-state index contributed by atoms with van der Waals surface area (Å²) in [5.41, 5.74) is 4.39. The van der Waals surface area contributed by atoms with Crippen LogP contribution in [0.5, 0.6) is 0 Å². The van der Waals surface area contributed by atoms with Crippen molar-refractivity contribution in [1.29, 1.82) is 0 Å². The molecule has 1 aromatic carbocycles. The van der Waals surface area contributed by atoms with Crippen molar-refractivity contribution in [3.05, 3.63) is 70.9 Å². The molecule has 0 fully saturated rings. The molecule has 174 valence electrons. The third-order valence-electron chi connectivity index (χ3n) is 5.66. The number of rotatable bonds is 6. The zero-order valence-electron chi connectivity index (χ0n) is 19.2. The zero-order chi connectivity index (χ0) is 24.2. The Morgan fingerprint density at radius 3 is 2.47 bits per heavy atom. The maximum atomic E-state index is 12.8. The standard InChI is InChI=1S/C25H24N4O4S/c1-14-20(23(30)32-3)22(21(15(2)27-14)24(31)33-4)16-9-5-6-10-17(16)28-25-29-19(13-34-25)18-11-7-8-12-26-18/h5-13,20,22H,1-4H3,(H,28,29). The predicted octanol–water partition coefficient (Wildman–Crippen LogP) is 4.74. The van der Waals surface area contributed by atoms with E-state index in [0.29, 0.717) is 27.8 Å². The lowest BCUT2D eigenvalue weighted by atomic mass is 9.75. The molecule has 2 unspecified atom stereocenters. The molecule has 4 rings (SSSR count). The SMILES string of the molecule is COC(=O)C1=C(C)N=C(C)C(C(=O)OC)C1c1ccccc1Nc1nc(-c2ccccn2)cs1. The van der Waals surface area contributed by atoms with Crippen LogP contribution in [-0.2, 0) is 19.1 Å². The van der Waals surface area contributed by atoms with Gasteiger partial charge in [0.25, 0.3) is 0 Å². The zero-order valence-corrected chi connectivity index (χ0v) is 20.1. The van der Waals surface area contributed by atoms with Gasteiger partial charge in [0.05, 0.1) is 25.5 Å². The topological polar surface area (TPSA) is 103 Å². The van der Waals surface area contributed by atoms with E-state index in [4.69, 9.17) is 9.47 Å². The molecule has 34 heavy (non-hydrogen) atoms. The lowest BCUT2D eigenvalue weighted by Gasteiger charge is -2.32. The molecule has 0 radical (unpaired) electrons. The molecule has 3 heterocycles. The lowest BCUT2D eigenvalue weighted by molar-refractivity contribution is -0.143. The Morgan fingerprint density at radius 1 is 1.00 bits per heavy atom. The van der Waals surface area contributed by atoms with E-state index in [2.05, 4.69) is 20.3 Å². The number of nitrogens with zero attached hydrogens (tertiary/aromatic N) is 3. The molecule has 1 aliphatic rings. The molecule has 2 aromatic heterocycles. The molecule has 1 aliphatic heterocycles. The third kappa shape index (κ3) is 4.47. The Labute approximate surface area is 201 Å². The molecular weight excluding hydrogens is 452 g/mol. The first kappa shape index (κ1) is 23.3. The van der Waals surface area contributed by atoms with E-state index in [1.54, 1.807) is 20.0 Å². The van der Waals surface area contributed by atoms with E-state index in [0.717, 1.165) is 17.0 Å². The average Bonchev–Trinajstić information content (AvgIpc) is 3.32. The van der Waals surface area contributed by atoms with Crippen LogP contribution in [0.4, 0.5) is 10.8 Å². The molecule has 1 N–H and O–H groups in total. The number of para-hydroxylation sites is 1. The molecule has 3 aromatic rings. The Morgan fingerprint density at radius 2 is 1.76 bits per heavy atom. The van der Waals surface area contributed by atoms with Crippen molar-refractivity contribution in [3.8, 4) is 11.4 Å². The summed E-state index contributed by atoms with van der Waals surface area (Å²) in [6, 6.07) is 13.2. The highest BCUT2D eigenvalue weighted by atomic mass is 32.1. The molecule has 0 saturated heterocycles. The number of ether oxygens (including phenoxy) is 2. The lowest BCUT2D eigenvalue weighted by Crippen LogP contribution is -2.36. The smallest absolute Gasteiger partial charge is 0.336 e. The van der Waals surface area contributed by atoms with Gasteiger partial charge in [0.15, 0.2) is 5.13 Å². The van der Waals surface area contributed by atoms with Gasteiger partial charge in [0.2, 0.25) is 0 Å². The summed E-state index contributed by atoms with van der Waals surface area (Å²) in [5.74, 6) is -2.42. The second-order valence-corrected chi connectivity index (χ2v) is 8.55. The largest absolute Gasteiger partial charge is 0.468 e. The Hall–Kier alpha value is -3.85. The van der Waals surface area contributed by atoms with Crippen molar-refractivity contribution in [2.45, 2.75) is 19.8 Å². The van der Waals surface area contributed by atoms with Gasteiger partial charge < -0.3 is 14.8 Å². The number of anilines is 2. The van der Waals surface area contributed by atoms with Crippen molar-refractivity contribution in [3.63, 3.8) is 0 Å². The number of aromatic nitrogens is 2. The summed E-state index contributed by atoms with van der Waals surface area (Å²) in [7, 11) is 2.64. The van der Waals surface area contributed by atoms with Crippen molar-refractivity contribution in [2.24, 2.45) is 10.9 Å².